The first kappa shape index (κ1) is 13.4. The number of carbonyl (C=O) groups is 1. The van der Waals surface area contributed by atoms with E-state index >= 15 is 0 Å². The van der Waals surface area contributed by atoms with Gasteiger partial charge in [0.25, 0.3) is 0 Å². The largest absolute Gasteiger partial charge is 0.512 e. The molecule has 3 heteroatoms. The molecule has 2 rings (SSSR count). The number of esters is 1. The number of ether oxygens (including phenoxy) is 1. The molecule has 0 aromatic rings. The number of rotatable bonds is 1. The van der Waals surface area contributed by atoms with Gasteiger partial charge in [0.15, 0.2) is 0 Å². The summed E-state index contributed by atoms with van der Waals surface area (Å²) in [5.41, 5.74) is 0.922. The molecule has 0 saturated heterocycles. The predicted molar refractivity (Wildman–Crippen MR) is 70.1 cm³/mol. The molecule has 0 spiro atoms. The first-order chi connectivity index (χ1) is 8.29. The van der Waals surface area contributed by atoms with Crippen LogP contribution in [0.15, 0.2) is 11.3 Å². The van der Waals surface area contributed by atoms with Crippen molar-refractivity contribution in [3.63, 3.8) is 0 Å². The molecule has 2 aliphatic rings. The lowest BCUT2D eigenvalue weighted by molar-refractivity contribution is -0.138. The van der Waals surface area contributed by atoms with Crippen molar-refractivity contribution in [2.75, 3.05) is 7.11 Å². The summed E-state index contributed by atoms with van der Waals surface area (Å²) < 4.78 is 4.87. The first-order valence-corrected chi connectivity index (χ1v) is 6.79. The Morgan fingerprint density at radius 2 is 1.94 bits per heavy atom. The van der Waals surface area contributed by atoms with Gasteiger partial charge in [-0.2, -0.15) is 0 Å². The third-order valence-electron chi connectivity index (χ3n) is 4.97. The third kappa shape index (κ3) is 2.15. The fraction of sp³-hybridized carbons (Fsp3) is 0.800. The van der Waals surface area contributed by atoms with Crippen LogP contribution < -0.4 is 0 Å². The zero-order valence-corrected chi connectivity index (χ0v) is 11.9. The topological polar surface area (TPSA) is 46.5 Å². The van der Waals surface area contributed by atoms with Crippen LogP contribution in [-0.4, -0.2) is 18.2 Å². The van der Waals surface area contributed by atoms with Gasteiger partial charge < -0.3 is 9.84 Å². The van der Waals surface area contributed by atoms with Gasteiger partial charge in [0.2, 0.25) is 0 Å². The van der Waals surface area contributed by atoms with Crippen molar-refractivity contribution in [1.82, 2.24) is 0 Å². The third-order valence-corrected chi connectivity index (χ3v) is 4.97. The van der Waals surface area contributed by atoms with Gasteiger partial charge in [-0.05, 0) is 36.5 Å². The SMILES string of the molecule is COC(=O)C1=C(O)CC[C@@]2(C)CCC(C)(C)C[C@@H]12. The van der Waals surface area contributed by atoms with Crippen molar-refractivity contribution in [3.05, 3.63) is 11.3 Å². The fourth-order valence-electron chi connectivity index (χ4n) is 3.56. The van der Waals surface area contributed by atoms with Crippen LogP contribution in [0.2, 0.25) is 0 Å². The van der Waals surface area contributed by atoms with Crippen molar-refractivity contribution in [3.8, 4) is 0 Å². The van der Waals surface area contributed by atoms with Crippen molar-refractivity contribution < 1.29 is 14.6 Å². The van der Waals surface area contributed by atoms with E-state index in [1.807, 2.05) is 0 Å². The van der Waals surface area contributed by atoms with E-state index < -0.39 is 0 Å². The van der Waals surface area contributed by atoms with E-state index in [1.54, 1.807) is 0 Å². The number of aliphatic hydroxyl groups excluding tert-OH is 1. The number of hydrogen-bond acceptors (Lipinski definition) is 3. The second-order valence-corrected chi connectivity index (χ2v) is 6.93. The van der Waals surface area contributed by atoms with Gasteiger partial charge >= 0.3 is 5.97 Å². The molecule has 0 aromatic heterocycles. The molecule has 2 atom stereocenters. The lowest BCUT2D eigenvalue weighted by Crippen LogP contribution is -2.43. The van der Waals surface area contributed by atoms with Gasteiger partial charge in [-0.25, -0.2) is 4.79 Å². The standard InChI is InChI=1S/C15H24O3/c1-14(2)7-8-15(3)6-5-11(16)12(10(15)9-14)13(17)18-4/h10,16H,5-9H2,1-4H3/t10-,15-/m0/s1. The molecule has 0 radical (unpaired) electrons. The van der Waals surface area contributed by atoms with Gasteiger partial charge in [0, 0.05) is 12.3 Å². The molecule has 0 unspecified atom stereocenters. The molecule has 0 amide bonds. The first-order valence-electron chi connectivity index (χ1n) is 6.79. The second kappa shape index (κ2) is 4.29. The van der Waals surface area contributed by atoms with Crippen LogP contribution >= 0.6 is 0 Å². The molecule has 0 bridgehead atoms. The zero-order valence-electron chi connectivity index (χ0n) is 11.9. The van der Waals surface area contributed by atoms with Crippen LogP contribution in [0.4, 0.5) is 0 Å². The molecule has 1 fully saturated rings. The molecular formula is C15H24O3. The average molecular weight is 252 g/mol. The lowest BCUT2D eigenvalue weighted by Gasteiger charge is -2.50. The molecule has 0 aliphatic heterocycles. The minimum absolute atomic E-state index is 0.141. The Balaban J connectivity index is 2.40. The highest BCUT2D eigenvalue weighted by Gasteiger charge is 2.49. The molecular weight excluding hydrogens is 228 g/mol. The summed E-state index contributed by atoms with van der Waals surface area (Å²) in [5.74, 6) is 0.0469. The summed E-state index contributed by atoms with van der Waals surface area (Å²) in [4.78, 5) is 11.9. The summed E-state index contributed by atoms with van der Waals surface area (Å²) >= 11 is 0. The van der Waals surface area contributed by atoms with E-state index in [1.165, 1.54) is 13.5 Å². The summed E-state index contributed by atoms with van der Waals surface area (Å²) in [6.07, 6.45) is 4.85. The van der Waals surface area contributed by atoms with Crippen LogP contribution in [-0.2, 0) is 9.53 Å². The quantitative estimate of drug-likeness (QED) is 0.725. The molecule has 18 heavy (non-hydrogen) atoms. The van der Waals surface area contributed by atoms with E-state index in [4.69, 9.17) is 4.74 Å². The maximum atomic E-state index is 11.9. The van der Waals surface area contributed by atoms with E-state index in [9.17, 15) is 9.90 Å². The van der Waals surface area contributed by atoms with Crippen LogP contribution in [0, 0.1) is 16.7 Å². The van der Waals surface area contributed by atoms with E-state index in [0.29, 0.717) is 12.0 Å². The number of carbonyl (C=O) groups excluding carboxylic acids is 1. The van der Waals surface area contributed by atoms with Crippen LogP contribution in [0.3, 0.4) is 0 Å². The molecule has 3 nitrogen and oxygen atoms in total. The smallest absolute Gasteiger partial charge is 0.337 e. The average Bonchev–Trinajstić information content (AvgIpc) is 2.30. The van der Waals surface area contributed by atoms with E-state index in [-0.39, 0.29) is 28.5 Å². The number of hydrogen-bond donors (Lipinski definition) is 1. The molecule has 1 saturated carbocycles. The predicted octanol–water partition coefficient (Wildman–Crippen LogP) is 3.60. The van der Waals surface area contributed by atoms with Crippen LogP contribution in [0.25, 0.3) is 0 Å². The lowest BCUT2D eigenvalue weighted by atomic mass is 9.54. The van der Waals surface area contributed by atoms with Crippen molar-refractivity contribution in [1.29, 1.82) is 0 Å². The maximum Gasteiger partial charge on any atom is 0.337 e. The van der Waals surface area contributed by atoms with Gasteiger partial charge in [-0.15, -0.1) is 0 Å². The number of aliphatic hydroxyl groups is 1. The Hall–Kier alpha value is -0.990. The zero-order chi connectivity index (χ0) is 13.6. The highest BCUT2D eigenvalue weighted by molar-refractivity contribution is 5.90. The molecule has 0 aromatic carbocycles. The normalized spacial score (nSPS) is 35.0. The van der Waals surface area contributed by atoms with Crippen molar-refractivity contribution in [2.45, 2.75) is 52.9 Å². The van der Waals surface area contributed by atoms with Crippen LogP contribution in [0.5, 0.6) is 0 Å². The monoisotopic (exact) mass is 252 g/mol. The molecule has 102 valence electrons. The molecule has 0 heterocycles. The Kier molecular flexibility index (Phi) is 3.20. The summed E-state index contributed by atoms with van der Waals surface area (Å²) in [5, 5.41) is 10.1. The Morgan fingerprint density at radius 1 is 1.28 bits per heavy atom. The number of fused-ring (bicyclic) bond motifs is 1. The highest BCUT2D eigenvalue weighted by atomic mass is 16.5. The second-order valence-electron chi connectivity index (χ2n) is 6.93. The summed E-state index contributed by atoms with van der Waals surface area (Å²) in [7, 11) is 1.39. The Bertz CT molecular complexity index is 395. The highest BCUT2D eigenvalue weighted by Crippen LogP contribution is 2.56. The van der Waals surface area contributed by atoms with E-state index in [0.717, 1.165) is 19.3 Å². The van der Waals surface area contributed by atoms with E-state index in [2.05, 4.69) is 20.8 Å². The Labute approximate surface area is 109 Å². The minimum atomic E-state index is -0.346. The van der Waals surface area contributed by atoms with Crippen molar-refractivity contribution in [2.24, 2.45) is 16.7 Å². The van der Waals surface area contributed by atoms with Crippen molar-refractivity contribution >= 4 is 5.97 Å². The molecule has 2 aliphatic carbocycles. The summed E-state index contributed by atoms with van der Waals surface area (Å²) in [6.45, 7) is 6.74. The maximum absolute atomic E-state index is 11.9. The fourth-order valence-corrected chi connectivity index (χ4v) is 3.56. The van der Waals surface area contributed by atoms with Gasteiger partial charge in [0.05, 0.1) is 12.7 Å². The van der Waals surface area contributed by atoms with Gasteiger partial charge in [-0.1, -0.05) is 20.8 Å². The Morgan fingerprint density at radius 3 is 2.56 bits per heavy atom. The molecule has 1 N–H and O–H groups in total. The van der Waals surface area contributed by atoms with Crippen LogP contribution in [0.1, 0.15) is 52.9 Å². The number of allylic oxidation sites excluding steroid dienone is 1. The summed E-state index contributed by atoms with van der Waals surface area (Å²) in [6, 6.07) is 0. The minimum Gasteiger partial charge on any atom is -0.512 e. The number of methoxy groups -OCH3 is 1. The van der Waals surface area contributed by atoms with Gasteiger partial charge in [-0.3, -0.25) is 0 Å². The van der Waals surface area contributed by atoms with Gasteiger partial charge in [0.1, 0.15) is 5.76 Å².